The molecule has 1 aromatic carbocycles. The van der Waals surface area contributed by atoms with Crippen LogP contribution in [0.25, 0.3) is 0 Å². The van der Waals surface area contributed by atoms with Crippen molar-refractivity contribution in [2.75, 3.05) is 27.9 Å². The van der Waals surface area contributed by atoms with Crippen LogP contribution in [0.5, 0.6) is 11.5 Å². The maximum atomic E-state index is 5.38. The molecule has 1 saturated heterocycles. The Labute approximate surface area is 108 Å². The SMILES string of the molecule is COCc1cc(OC)c(OC)cc1C1CCCN1. The Balaban J connectivity index is 2.40. The molecular formula is C14H21NO3. The zero-order chi connectivity index (χ0) is 13.0. The summed E-state index contributed by atoms with van der Waals surface area (Å²) < 4.78 is 16.0. The van der Waals surface area contributed by atoms with Gasteiger partial charge in [-0.15, -0.1) is 0 Å². The lowest BCUT2D eigenvalue weighted by Crippen LogP contribution is -2.15. The molecule has 0 aliphatic carbocycles. The second-order valence-electron chi connectivity index (χ2n) is 4.49. The highest BCUT2D eigenvalue weighted by atomic mass is 16.5. The van der Waals surface area contributed by atoms with Crippen molar-refractivity contribution in [1.82, 2.24) is 5.32 Å². The van der Waals surface area contributed by atoms with E-state index in [4.69, 9.17) is 14.2 Å². The Morgan fingerprint density at radius 1 is 1.17 bits per heavy atom. The number of rotatable bonds is 5. The van der Waals surface area contributed by atoms with E-state index in [1.165, 1.54) is 12.0 Å². The first-order valence-corrected chi connectivity index (χ1v) is 6.27. The first-order chi connectivity index (χ1) is 8.80. The van der Waals surface area contributed by atoms with Crippen LogP contribution in [0.15, 0.2) is 12.1 Å². The molecule has 4 nitrogen and oxygen atoms in total. The zero-order valence-electron chi connectivity index (χ0n) is 11.3. The maximum Gasteiger partial charge on any atom is 0.161 e. The summed E-state index contributed by atoms with van der Waals surface area (Å²) in [6.45, 7) is 1.67. The van der Waals surface area contributed by atoms with Gasteiger partial charge in [-0.05, 0) is 42.6 Å². The summed E-state index contributed by atoms with van der Waals surface area (Å²) >= 11 is 0. The van der Waals surface area contributed by atoms with Crippen molar-refractivity contribution >= 4 is 0 Å². The Kier molecular flexibility index (Phi) is 4.44. The number of ether oxygens (including phenoxy) is 3. The van der Waals surface area contributed by atoms with Gasteiger partial charge in [0.2, 0.25) is 0 Å². The van der Waals surface area contributed by atoms with Gasteiger partial charge in [-0.1, -0.05) is 0 Å². The number of hydrogen-bond donors (Lipinski definition) is 1. The number of benzene rings is 1. The topological polar surface area (TPSA) is 39.7 Å². The van der Waals surface area contributed by atoms with Crippen LogP contribution < -0.4 is 14.8 Å². The van der Waals surface area contributed by atoms with Crippen LogP contribution in [0.2, 0.25) is 0 Å². The normalized spacial score (nSPS) is 18.9. The van der Waals surface area contributed by atoms with Gasteiger partial charge in [-0.3, -0.25) is 0 Å². The van der Waals surface area contributed by atoms with Crippen LogP contribution in [0.4, 0.5) is 0 Å². The van der Waals surface area contributed by atoms with Crippen molar-refractivity contribution in [2.24, 2.45) is 0 Å². The fraction of sp³-hybridized carbons (Fsp3) is 0.571. The molecule has 0 bridgehead atoms. The summed E-state index contributed by atoms with van der Waals surface area (Å²) in [4.78, 5) is 0. The Bertz CT molecular complexity index is 400. The van der Waals surface area contributed by atoms with Gasteiger partial charge in [0.25, 0.3) is 0 Å². The van der Waals surface area contributed by atoms with Gasteiger partial charge in [0.05, 0.1) is 20.8 Å². The average molecular weight is 251 g/mol. The third-order valence-corrected chi connectivity index (χ3v) is 3.38. The highest BCUT2D eigenvalue weighted by molar-refractivity contribution is 5.48. The van der Waals surface area contributed by atoms with Crippen LogP contribution in [-0.2, 0) is 11.3 Å². The number of nitrogens with one attached hydrogen (secondary N) is 1. The molecule has 1 atom stereocenters. The lowest BCUT2D eigenvalue weighted by molar-refractivity contribution is 0.183. The molecule has 0 amide bonds. The minimum Gasteiger partial charge on any atom is -0.493 e. The Morgan fingerprint density at radius 3 is 2.44 bits per heavy atom. The van der Waals surface area contributed by atoms with Gasteiger partial charge < -0.3 is 19.5 Å². The number of hydrogen-bond acceptors (Lipinski definition) is 4. The lowest BCUT2D eigenvalue weighted by Gasteiger charge is -2.19. The van der Waals surface area contributed by atoms with Crippen molar-refractivity contribution in [3.8, 4) is 11.5 Å². The molecule has 1 fully saturated rings. The van der Waals surface area contributed by atoms with Gasteiger partial charge in [-0.25, -0.2) is 0 Å². The van der Waals surface area contributed by atoms with E-state index in [1.807, 2.05) is 6.07 Å². The summed E-state index contributed by atoms with van der Waals surface area (Å²) in [7, 11) is 5.03. The molecule has 0 spiro atoms. The monoisotopic (exact) mass is 251 g/mol. The van der Waals surface area contributed by atoms with Crippen molar-refractivity contribution in [3.63, 3.8) is 0 Å². The minimum absolute atomic E-state index is 0.398. The highest BCUT2D eigenvalue weighted by Gasteiger charge is 2.21. The molecule has 0 aromatic heterocycles. The standard InChI is InChI=1S/C14H21NO3/c1-16-9-10-7-13(17-2)14(18-3)8-11(10)12-5-4-6-15-12/h7-8,12,15H,4-6,9H2,1-3H3. The fourth-order valence-electron chi connectivity index (χ4n) is 2.49. The lowest BCUT2D eigenvalue weighted by atomic mass is 9.98. The average Bonchev–Trinajstić information content (AvgIpc) is 2.92. The third-order valence-electron chi connectivity index (χ3n) is 3.38. The van der Waals surface area contributed by atoms with E-state index in [1.54, 1.807) is 21.3 Å². The molecule has 1 aliphatic heterocycles. The van der Waals surface area contributed by atoms with Crippen LogP contribution in [-0.4, -0.2) is 27.9 Å². The summed E-state index contributed by atoms with van der Waals surface area (Å²) in [6.07, 6.45) is 2.37. The predicted molar refractivity (Wildman–Crippen MR) is 70.2 cm³/mol. The molecule has 0 saturated carbocycles. The van der Waals surface area contributed by atoms with Crippen LogP contribution >= 0.6 is 0 Å². The van der Waals surface area contributed by atoms with Crippen LogP contribution in [0.1, 0.15) is 30.0 Å². The van der Waals surface area contributed by atoms with Gasteiger partial charge >= 0.3 is 0 Å². The van der Waals surface area contributed by atoms with Crippen LogP contribution in [0.3, 0.4) is 0 Å². The van der Waals surface area contributed by atoms with Crippen molar-refractivity contribution in [1.29, 1.82) is 0 Å². The van der Waals surface area contributed by atoms with E-state index in [2.05, 4.69) is 11.4 Å². The molecule has 1 aromatic rings. The first-order valence-electron chi connectivity index (χ1n) is 6.27. The van der Waals surface area contributed by atoms with E-state index in [9.17, 15) is 0 Å². The minimum atomic E-state index is 0.398. The summed E-state index contributed by atoms with van der Waals surface area (Å²) in [5.74, 6) is 1.53. The zero-order valence-corrected chi connectivity index (χ0v) is 11.3. The largest absolute Gasteiger partial charge is 0.493 e. The quantitative estimate of drug-likeness (QED) is 0.871. The molecule has 1 unspecified atom stereocenters. The van der Waals surface area contributed by atoms with Crippen molar-refractivity contribution < 1.29 is 14.2 Å². The number of methoxy groups -OCH3 is 3. The summed E-state index contributed by atoms with van der Waals surface area (Å²) in [5, 5.41) is 3.51. The Hall–Kier alpha value is -1.26. The maximum absolute atomic E-state index is 5.38. The fourth-order valence-corrected chi connectivity index (χ4v) is 2.49. The molecule has 18 heavy (non-hydrogen) atoms. The van der Waals surface area contributed by atoms with Gasteiger partial charge in [0.1, 0.15) is 0 Å². The molecule has 4 heteroatoms. The van der Waals surface area contributed by atoms with Gasteiger partial charge in [0.15, 0.2) is 11.5 Å². The van der Waals surface area contributed by atoms with Gasteiger partial charge in [-0.2, -0.15) is 0 Å². The summed E-state index contributed by atoms with van der Waals surface area (Å²) in [5.41, 5.74) is 2.42. The van der Waals surface area contributed by atoms with E-state index in [0.717, 1.165) is 30.0 Å². The molecule has 100 valence electrons. The van der Waals surface area contributed by atoms with Gasteiger partial charge in [0, 0.05) is 13.2 Å². The van der Waals surface area contributed by atoms with E-state index in [-0.39, 0.29) is 0 Å². The highest BCUT2D eigenvalue weighted by Crippen LogP contribution is 2.36. The molecule has 2 rings (SSSR count). The predicted octanol–water partition coefficient (Wildman–Crippen LogP) is 2.27. The molecule has 1 aliphatic rings. The van der Waals surface area contributed by atoms with Crippen molar-refractivity contribution in [2.45, 2.75) is 25.5 Å². The first kappa shape index (κ1) is 13.2. The van der Waals surface area contributed by atoms with E-state index >= 15 is 0 Å². The third kappa shape index (κ3) is 2.60. The Morgan fingerprint density at radius 2 is 1.89 bits per heavy atom. The van der Waals surface area contributed by atoms with Crippen LogP contribution in [0, 0.1) is 0 Å². The molecule has 1 N–H and O–H groups in total. The second kappa shape index (κ2) is 6.07. The van der Waals surface area contributed by atoms with Crippen molar-refractivity contribution in [3.05, 3.63) is 23.3 Å². The second-order valence-corrected chi connectivity index (χ2v) is 4.49. The molecular weight excluding hydrogens is 230 g/mol. The van der Waals surface area contributed by atoms with E-state index < -0.39 is 0 Å². The smallest absolute Gasteiger partial charge is 0.161 e. The summed E-state index contributed by atoms with van der Waals surface area (Å²) in [6, 6.07) is 4.48. The molecule has 0 radical (unpaired) electrons. The molecule has 1 heterocycles. The van der Waals surface area contributed by atoms with E-state index in [0.29, 0.717) is 12.6 Å².